The first-order valence-corrected chi connectivity index (χ1v) is 6.31. The van der Waals surface area contributed by atoms with Crippen LogP contribution in [-0.2, 0) is 11.3 Å². The van der Waals surface area contributed by atoms with Crippen LogP contribution >= 0.6 is 0 Å². The molecule has 0 saturated carbocycles. The molecule has 0 radical (unpaired) electrons. The van der Waals surface area contributed by atoms with E-state index in [4.69, 9.17) is 5.73 Å². The standard InChI is InChI=1S/C14H18N2O3/c1-14(13(18)19)7-2-8-16(14)9-10-3-5-11(6-4-10)12(15)17/h3-6H,2,7-9H2,1H3,(H2,15,17)(H,18,19). The van der Waals surface area contributed by atoms with Crippen LogP contribution in [-0.4, -0.2) is 34.0 Å². The van der Waals surface area contributed by atoms with Crippen molar-refractivity contribution in [3.05, 3.63) is 35.4 Å². The predicted octanol–water partition coefficient (Wildman–Crippen LogP) is 1.22. The van der Waals surface area contributed by atoms with E-state index >= 15 is 0 Å². The van der Waals surface area contributed by atoms with Crippen molar-refractivity contribution in [1.29, 1.82) is 0 Å². The lowest BCUT2D eigenvalue weighted by atomic mass is 9.98. The number of amides is 1. The lowest BCUT2D eigenvalue weighted by Gasteiger charge is -2.31. The van der Waals surface area contributed by atoms with E-state index in [1.807, 2.05) is 17.0 Å². The lowest BCUT2D eigenvalue weighted by molar-refractivity contribution is -0.148. The van der Waals surface area contributed by atoms with Crippen LogP contribution in [0.3, 0.4) is 0 Å². The highest BCUT2D eigenvalue weighted by Gasteiger charge is 2.42. The molecule has 1 aromatic carbocycles. The Labute approximate surface area is 112 Å². The predicted molar refractivity (Wildman–Crippen MR) is 70.6 cm³/mol. The molecule has 19 heavy (non-hydrogen) atoms. The normalized spacial score (nSPS) is 23.4. The van der Waals surface area contributed by atoms with Gasteiger partial charge in [-0.25, -0.2) is 0 Å². The molecule has 1 fully saturated rings. The molecule has 2 rings (SSSR count). The summed E-state index contributed by atoms with van der Waals surface area (Å²) in [5.41, 5.74) is 5.84. The minimum atomic E-state index is -0.789. The molecule has 0 spiro atoms. The van der Waals surface area contributed by atoms with Gasteiger partial charge in [-0.05, 0) is 44.0 Å². The van der Waals surface area contributed by atoms with Gasteiger partial charge in [-0.3, -0.25) is 14.5 Å². The fourth-order valence-corrected chi connectivity index (χ4v) is 2.51. The van der Waals surface area contributed by atoms with E-state index in [0.29, 0.717) is 18.5 Å². The number of carbonyl (C=O) groups excluding carboxylic acids is 1. The average Bonchev–Trinajstić information content (AvgIpc) is 2.73. The maximum Gasteiger partial charge on any atom is 0.323 e. The van der Waals surface area contributed by atoms with Gasteiger partial charge in [0, 0.05) is 12.1 Å². The van der Waals surface area contributed by atoms with Crippen LogP contribution in [0.4, 0.5) is 0 Å². The topological polar surface area (TPSA) is 83.6 Å². The number of nitrogens with zero attached hydrogens (tertiary/aromatic N) is 1. The molecular weight excluding hydrogens is 244 g/mol. The molecule has 102 valence electrons. The van der Waals surface area contributed by atoms with Gasteiger partial charge in [-0.1, -0.05) is 12.1 Å². The van der Waals surface area contributed by atoms with Crippen molar-refractivity contribution >= 4 is 11.9 Å². The summed E-state index contributed by atoms with van der Waals surface area (Å²) in [7, 11) is 0. The number of nitrogens with two attached hydrogens (primary N) is 1. The Hall–Kier alpha value is -1.88. The largest absolute Gasteiger partial charge is 0.480 e. The summed E-state index contributed by atoms with van der Waals surface area (Å²) in [6.07, 6.45) is 1.56. The number of hydrogen-bond acceptors (Lipinski definition) is 3. The summed E-state index contributed by atoms with van der Waals surface area (Å²) in [6, 6.07) is 6.99. The second-order valence-corrected chi connectivity index (χ2v) is 5.17. The first-order chi connectivity index (χ1) is 8.93. The van der Waals surface area contributed by atoms with Gasteiger partial charge in [-0.2, -0.15) is 0 Å². The van der Waals surface area contributed by atoms with Crippen molar-refractivity contribution in [1.82, 2.24) is 4.90 Å². The van der Waals surface area contributed by atoms with Crippen LogP contribution < -0.4 is 5.73 Å². The number of carboxylic acids is 1. The number of likely N-dealkylation sites (tertiary alicyclic amines) is 1. The highest BCUT2D eigenvalue weighted by molar-refractivity contribution is 5.92. The minimum Gasteiger partial charge on any atom is -0.480 e. The number of primary amides is 1. The third kappa shape index (κ3) is 2.61. The Kier molecular flexibility index (Phi) is 3.57. The van der Waals surface area contributed by atoms with Gasteiger partial charge in [0.05, 0.1) is 0 Å². The summed E-state index contributed by atoms with van der Waals surface area (Å²) in [5, 5.41) is 9.33. The first-order valence-electron chi connectivity index (χ1n) is 6.31. The van der Waals surface area contributed by atoms with Crippen LogP contribution in [0.1, 0.15) is 35.7 Å². The van der Waals surface area contributed by atoms with Gasteiger partial charge in [0.15, 0.2) is 0 Å². The molecule has 0 aromatic heterocycles. The number of carbonyl (C=O) groups is 2. The molecule has 1 amide bonds. The Bertz CT molecular complexity index is 498. The van der Waals surface area contributed by atoms with Gasteiger partial charge in [0.1, 0.15) is 5.54 Å². The third-order valence-corrected chi connectivity index (χ3v) is 3.86. The molecule has 5 nitrogen and oxygen atoms in total. The average molecular weight is 262 g/mol. The Balaban J connectivity index is 2.12. The molecular formula is C14H18N2O3. The van der Waals surface area contributed by atoms with Crippen LogP contribution in [0.5, 0.6) is 0 Å². The van der Waals surface area contributed by atoms with E-state index in [1.165, 1.54) is 0 Å². The molecule has 1 aliphatic rings. The second kappa shape index (κ2) is 5.01. The monoisotopic (exact) mass is 262 g/mol. The van der Waals surface area contributed by atoms with Crippen molar-refractivity contribution in [3.8, 4) is 0 Å². The second-order valence-electron chi connectivity index (χ2n) is 5.17. The number of benzene rings is 1. The molecule has 1 atom stereocenters. The highest BCUT2D eigenvalue weighted by Crippen LogP contribution is 2.30. The summed E-state index contributed by atoms with van der Waals surface area (Å²) in [5.74, 6) is -1.23. The SMILES string of the molecule is CC1(C(=O)O)CCCN1Cc1ccc(C(N)=O)cc1. The molecule has 5 heteroatoms. The minimum absolute atomic E-state index is 0.455. The van der Waals surface area contributed by atoms with Gasteiger partial charge >= 0.3 is 5.97 Å². The molecule has 0 bridgehead atoms. The smallest absolute Gasteiger partial charge is 0.323 e. The van der Waals surface area contributed by atoms with Crippen LogP contribution in [0.25, 0.3) is 0 Å². The van der Waals surface area contributed by atoms with E-state index in [9.17, 15) is 14.7 Å². The number of carboxylic acid groups (broad SMARTS) is 1. The van der Waals surface area contributed by atoms with Gasteiger partial charge in [-0.15, -0.1) is 0 Å². The van der Waals surface area contributed by atoms with E-state index in [-0.39, 0.29) is 0 Å². The molecule has 0 aliphatic carbocycles. The first kappa shape index (κ1) is 13.5. The van der Waals surface area contributed by atoms with E-state index in [2.05, 4.69) is 0 Å². The summed E-state index contributed by atoms with van der Waals surface area (Å²) < 4.78 is 0. The summed E-state index contributed by atoms with van der Waals surface area (Å²) in [6.45, 7) is 3.11. The zero-order valence-corrected chi connectivity index (χ0v) is 10.9. The fraction of sp³-hybridized carbons (Fsp3) is 0.429. The van der Waals surface area contributed by atoms with Gasteiger partial charge < -0.3 is 10.8 Å². The molecule has 3 N–H and O–H groups in total. The maximum atomic E-state index is 11.4. The molecule has 1 heterocycles. The quantitative estimate of drug-likeness (QED) is 0.854. The molecule has 1 unspecified atom stereocenters. The Morgan fingerprint density at radius 1 is 1.37 bits per heavy atom. The zero-order chi connectivity index (χ0) is 14.0. The Morgan fingerprint density at radius 2 is 2.00 bits per heavy atom. The van der Waals surface area contributed by atoms with Crippen molar-refractivity contribution in [2.75, 3.05) is 6.54 Å². The van der Waals surface area contributed by atoms with E-state index < -0.39 is 17.4 Å². The molecule has 1 saturated heterocycles. The van der Waals surface area contributed by atoms with Crippen LogP contribution in [0.2, 0.25) is 0 Å². The van der Waals surface area contributed by atoms with Gasteiger partial charge in [0.2, 0.25) is 5.91 Å². The maximum absolute atomic E-state index is 11.4. The van der Waals surface area contributed by atoms with Crippen molar-refractivity contribution in [2.24, 2.45) is 5.73 Å². The summed E-state index contributed by atoms with van der Waals surface area (Å²) >= 11 is 0. The van der Waals surface area contributed by atoms with E-state index in [0.717, 1.165) is 18.5 Å². The molecule has 1 aromatic rings. The third-order valence-electron chi connectivity index (χ3n) is 3.86. The highest BCUT2D eigenvalue weighted by atomic mass is 16.4. The van der Waals surface area contributed by atoms with Crippen LogP contribution in [0, 0.1) is 0 Å². The van der Waals surface area contributed by atoms with Crippen LogP contribution in [0.15, 0.2) is 24.3 Å². The molecule has 1 aliphatic heterocycles. The number of aliphatic carboxylic acids is 1. The number of hydrogen-bond donors (Lipinski definition) is 2. The van der Waals surface area contributed by atoms with Crippen molar-refractivity contribution in [3.63, 3.8) is 0 Å². The fourth-order valence-electron chi connectivity index (χ4n) is 2.51. The zero-order valence-electron chi connectivity index (χ0n) is 10.9. The van der Waals surface area contributed by atoms with Crippen molar-refractivity contribution in [2.45, 2.75) is 31.8 Å². The lowest BCUT2D eigenvalue weighted by Crippen LogP contribution is -2.47. The van der Waals surface area contributed by atoms with Crippen molar-refractivity contribution < 1.29 is 14.7 Å². The Morgan fingerprint density at radius 3 is 2.53 bits per heavy atom. The summed E-state index contributed by atoms with van der Waals surface area (Å²) in [4.78, 5) is 24.3. The number of rotatable bonds is 4. The van der Waals surface area contributed by atoms with Gasteiger partial charge in [0.25, 0.3) is 0 Å². The van der Waals surface area contributed by atoms with E-state index in [1.54, 1.807) is 19.1 Å².